The molecule has 0 saturated carbocycles. The molecule has 5 rings (SSSR count). The minimum Gasteiger partial charge on any atom is -0.450 e. The highest BCUT2D eigenvalue weighted by Gasteiger charge is 2.14. The van der Waals surface area contributed by atoms with Crippen LogP contribution in [0, 0.1) is 9.39 Å². The maximum Gasteiger partial charge on any atom is 0.307 e. The average molecular weight is 616 g/mol. The molecule has 0 unspecified atom stereocenters. The van der Waals surface area contributed by atoms with Crippen LogP contribution in [0.5, 0.6) is 0 Å². The number of fused-ring (bicyclic) bond motifs is 2. The van der Waals surface area contributed by atoms with Gasteiger partial charge in [0.1, 0.15) is 11.4 Å². The van der Waals surface area contributed by atoms with Crippen molar-refractivity contribution in [3.8, 4) is 0 Å². The van der Waals surface area contributed by atoms with Gasteiger partial charge in [0.05, 0.1) is 9.78 Å². The summed E-state index contributed by atoms with van der Waals surface area (Å²) in [6.45, 7) is 0.581. The van der Waals surface area contributed by atoms with E-state index in [1.54, 1.807) is 18.3 Å². The van der Waals surface area contributed by atoms with Gasteiger partial charge in [-0.25, -0.2) is 9.82 Å². The molecule has 164 valence electrons. The Labute approximate surface area is 210 Å². The van der Waals surface area contributed by atoms with E-state index in [-0.39, 0.29) is 11.6 Å². The van der Waals surface area contributed by atoms with Gasteiger partial charge in [-0.3, -0.25) is 4.79 Å². The second kappa shape index (κ2) is 9.11. The van der Waals surface area contributed by atoms with Gasteiger partial charge < -0.3 is 8.98 Å². The van der Waals surface area contributed by atoms with Gasteiger partial charge in [-0.1, -0.05) is 34.1 Å². The molecule has 2 aromatic heterocycles. The van der Waals surface area contributed by atoms with Gasteiger partial charge in [-0.05, 0) is 82.2 Å². The van der Waals surface area contributed by atoms with E-state index < -0.39 is 5.91 Å². The van der Waals surface area contributed by atoms with Crippen LogP contribution in [0.3, 0.4) is 0 Å². The van der Waals surface area contributed by atoms with Crippen molar-refractivity contribution in [1.29, 1.82) is 0 Å². The second-order valence-corrected chi connectivity index (χ2v) is 9.59. The first-order valence-electron chi connectivity index (χ1n) is 10.0. The van der Waals surface area contributed by atoms with Crippen molar-refractivity contribution in [3.05, 3.63) is 104 Å². The molecule has 5 aromatic rings. The lowest BCUT2D eigenvalue weighted by Crippen LogP contribution is -2.16. The van der Waals surface area contributed by atoms with Crippen LogP contribution in [0.2, 0.25) is 0 Å². The molecule has 0 aliphatic rings. The second-order valence-electron chi connectivity index (χ2n) is 7.51. The highest BCUT2D eigenvalue weighted by atomic mass is 127. The molecule has 0 fully saturated rings. The smallest absolute Gasteiger partial charge is 0.307 e. The van der Waals surface area contributed by atoms with Gasteiger partial charge in [0, 0.05) is 33.5 Å². The molecule has 0 bridgehead atoms. The molecule has 0 spiro atoms. The number of carbonyl (C=O) groups excluding carboxylic acids is 1. The lowest BCUT2D eigenvalue weighted by molar-refractivity contribution is 0.0929. The molecule has 3 aromatic carbocycles. The number of halogens is 3. The van der Waals surface area contributed by atoms with Crippen molar-refractivity contribution < 1.29 is 13.6 Å². The van der Waals surface area contributed by atoms with Gasteiger partial charge in [-0.15, -0.1) is 0 Å². The number of nitrogens with zero attached hydrogens (tertiary/aromatic N) is 2. The molecule has 0 saturated heterocycles. The fourth-order valence-corrected chi connectivity index (χ4v) is 5.34. The van der Waals surface area contributed by atoms with E-state index in [1.165, 1.54) is 12.1 Å². The fourth-order valence-electron chi connectivity index (χ4n) is 3.68. The monoisotopic (exact) mass is 615 g/mol. The number of aromatic nitrogens is 1. The summed E-state index contributed by atoms with van der Waals surface area (Å²) in [4.78, 5) is 12.5. The van der Waals surface area contributed by atoms with Crippen LogP contribution in [0.15, 0.2) is 86.9 Å². The van der Waals surface area contributed by atoms with Crippen molar-refractivity contribution in [2.24, 2.45) is 5.10 Å². The van der Waals surface area contributed by atoms with Crippen LogP contribution >= 0.6 is 38.5 Å². The number of furan rings is 1. The predicted molar refractivity (Wildman–Crippen MR) is 139 cm³/mol. The number of hydrogen-bond donors (Lipinski definition) is 1. The van der Waals surface area contributed by atoms with E-state index in [4.69, 9.17) is 4.42 Å². The molecular weight excluding hydrogens is 600 g/mol. The summed E-state index contributed by atoms with van der Waals surface area (Å²) >= 11 is 5.62. The number of carbonyl (C=O) groups is 1. The predicted octanol–water partition coefficient (Wildman–Crippen LogP) is 6.71. The Balaban J connectivity index is 1.29. The van der Waals surface area contributed by atoms with Crippen molar-refractivity contribution in [1.82, 2.24) is 9.99 Å². The van der Waals surface area contributed by atoms with Gasteiger partial charge >= 0.3 is 5.91 Å². The zero-order chi connectivity index (χ0) is 22.9. The molecule has 2 heterocycles. The highest BCUT2D eigenvalue weighted by molar-refractivity contribution is 14.1. The normalized spacial score (nSPS) is 11.6. The third-order valence-corrected chi connectivity index (χ3v) is 6.44. The Bertz CT molecular complexity index is 1540. The molecule has 0 radical (unpaired) electrons. The Kier molecular flexibility index (Phi) is 6.03. The summed E-state index contributed by atoms with van der Waals surface area (Å²) in [5.74, 6) is -0.463. The van der Waals surface area contributed by atoms with E-state index >= 15 is 0 Å². The van der Waals surface area contributed by atoms with Crippen LogP contribution in [-0.4, -0.2) is 16.7 Å². The summed E-state index contributed by atoms with van der Waals surface area (Å²) in [7, 11) is 0. The van der Waals surface area contributed by atoms with E-state index in [9.17, 15) is 9.18 Å². The minimum atomic E-state index is -0.420. The summed E-state index contributed by atoms with van der Waals surface area (Å²) in [6.07, 6.45) is 3.56. The van der Waals surface area contributed by atoms with Gasteiger partial charge in [0.2, 0.25) is 0 Å². The summed E-state index contributed by atoms with van der Waals surface area (Å²) < 4.78 is 23.1. The van der Waals surface area contributed by atoms with Crippen LogP contribution < -0.4 is 5.43 Å². The number of hydrogen-bond acceptors (Lipinski definition) is 3. The van der Waals surface area contributed by atoms with Crippen LogP contribution in [0.1, 0.15) is 21.7 Å². The van der Waals surface area contributed by atoms with Crippen LogP contribution in [0.25, 0.3) is 21.9 Å². The zero-order valence-electron chi connectivity index (χ0n) is 17.1. The van der Waals surface area contributed by atoms with Gasteiger partial charge in [0.25, 0.3) is 0 Å². The lowest BCUT2D eigenvalue weighted by atomic mass is 10.1. The Morgan fingerprint density at radius 2 is 2.00 bits per heavy atom. The van der Waals surface area contributed by atoms with Crippen molar-refractivity contribution in [2.45, 2.75) is 6.54 Å². The van der Waals surface area contributed by atoms with E-state index in [0.29, 0.717) is 12.1 Å². The average Bonchev–Trinajstić information content (AvgIpc) is 3.38. The number of rotatable bonds is 5. The summed E-state index contributed by atoms with van der Waals surface area (Å²) in [5, 5.41) is 5.95. The number of nitrogens with one attached hydrogen (secondary N) is 1. The molecule has 8 heteroatoms. The summed E-state index contributed by atoms with van der Waals surface area (Å²) in [5.41, 5.74) is 5.95. The van der Waals surface area contributed by atoms with E-state index in [2.05, 4.69) is 53.6 Å². The first-order chi connectivity index (χ1) is 16.0. The number of hydrazone groups is 1. The van der Waals surface area contributed by atoms with Gasteiger partial charge in [0.15, 0.2) is 5.76 Å². The fraction of sp³-hybridized carbons (Fsp3) is 0.0400. The van der Waals surface area contributed by atoms with Crippen molar-refractivity contribution in [2.75, 3.05) is 0 Å². The molecule has 0 aliphatic carbocycles. The standard InChI is InChI=1S/C25H16BrFIN3O2/c26-19-10-18-11-23(33-24(18)21(28)12-19)25(32)30-29-13-15-4-5-22-17(8-15)6-7-31(22)14-16-2-1-3-20(27)9-16/h1-13H,14H2,(H,30,32)/b29-13+. The molecule has 0 atom stereocenters. The summed E-state index contributed by atoms with van der Waals surface area (Å²) in [6, 6.07) is 20.0. The van der Waals surface area contributed by atoms with E-state index in [1.807, 2.05) is 48.7 Å². The number of amides is 1. The largest absolute Gasteiger partial charge is 0.450 e. The van der Waals surface area contributed by atoms with Crippen molar-refractivity contribution >= 4 is 72.5 Å². The lowest BCUT2D eigenvalue weighted by Gasteiger charge is -2.06. The quantitative estimate of drug-likeness (QED) is 0.136. The SMILES string of the molecule is O=C(N/N=C/c1ccc2c(ccn2Cc2cccc(F)c2)c1)c1cc2cc(Br)cc(I)c2o1. The maximum atomic E-state index is 13.5. The highest BCUT2D eigenvalue weighted by Crippen LogP contribution is 2.28. The molecule has 0 aliphatic heterocycles. The first-order valence-corrected chi connectivity index (χ1v) is 11.9. The molecule has 1 N–H and O–H groups in total. The Hall–Kier alpha value is -2.98. The van der Waals surface area contributed by atoms with Crippen LogP contribution in [-0.2, 0) is 6.54 Å². The third kappa shape index (κ3) is 4.72. The topological polar surface area (TPSA) is 59.5 Å². The Morgan fingerprint density at radius 3 is 2.85 bits per heavy atom. The van der Waals surface area contributed by atoms with Gasteiger partial charge in [-0.2, -0.15) is 5.10 Å². The van der Waals surface area contributed by atoms with E-state index in [0.717, 1.165) is 35.5 Å². The third-order valence-electron chi connectivity index (χ3n) is 5.18. The number of benzene rings is 3. The first kappa shape index (κ1) is 21.8. The molecule has 5 nitrogen and oxygen atoms in total. The zero-order valence-corrected chi connectivity index (χ0v) is 20.8. The molecular formula is C25H16BrFIN3O2. The van der Waals surface area contributed by atoms with Crippen LogP contribution in [0.4, 0.5) is 4.39 Å². The minimum absolute atomic E-state index is 0.197. The van der Waals surface area contributed by atoms with Crippen molar-refractivity contribution in [3.63, 3.8) is 0 Å². The molecule has 1 amide bonds. The maximum absolute atomic E-state index is 13.5. The Morgan fingerprint density at radius 1 is 1.12 bits per heavy atom. The molecule has 33 heavy (non-hydrogen) atoms.